The van der Waals surface area contributed by atoms with Crippen LogP contribution in [0, 0.1) is 5.92 Å². The predicted molar refractivity (Wildman–Crippen MR) is 110 cm³/mol. The zero-order valence-electron chi connectivity index (χ0n) is 15.0. The van der Waals surface area contributed by atoms with Crippen LogP contribution in [0.25, 0.3) is 0 Å². The molecule has 4 nitrogen and oxygen atoms in total. The molecule has 1 aliphatic carbocycles. The topological polar surface area (TPSA) is 58.2 Å². The van der Waals surface area contributed by atoms with Crippen molar-refractivity contribution >= 4 is 46.8 Å². The SMILES string of the molecule is CSCCC(NC(=O)c1ccc(Cl)cc1Cl)C(=O)NCC1CCCCC1. The summed E-state index contributed by atoms with van der Waals surface area (Å²) in [5.41, 5.74) is 0.324. The molecular weight excluding hydrogens is 391 g/mol. The van der Waals surface area contributed by atoms with Crippen molar-refractivity contribution in [3.8, 4) is 0 Å². The number of benzene rings is 1. The highest BCUT2D eigenvalue weighted by Gasteiger charge is 2.23. The monoisotopic (exact) mass is 416 g/mol. The second-order valence-electron chi connectivity index (χ2n) is 6.68. The normalized spacial score (nSPS) is 16.1. The molecule has 0 bridgehead atoms. The van der Waals surface area contributed by atoms with Gasteiger partial charge in [-0.15, -0.1) is 0 Å². The molecule has 0 aliphatic heterocycles. The molecule has 0 saturated heterocycles. The van der Waals surface area contributed by atoms with Gasteiger partial charge in [-0.05, 0) is 55.4 Å². The fraction of sp³-hybridized carbons (Fsp3) is 0.579. The lowest BCUT2D eigenvalue weighted by Crippen LogP contribution is -2.48. The van der Waals surface area contributed by atoms with Crippen LogP contribution in [0.2, 0.25) is 10.0 Å². The van der Waals surface area contributed by atoms with E-state index in [2.05, 4.69) is 10.6 Å². The minimum Gasteiger partial charge on any atom is -0.354 e. The van der Waals surface area contributed by atoms with Crippen molar-refractivity contribution in [2.45, 2.75) is 44.6 Å². The number of hydrogen-bond donors (Lipinski definition) is 2. The standard InChI is InChI=1S/C19H26Cl2N2O2S/c1-26-10-9-17(19(25)22-12-13-5-3-2-4-6-13)23-18(24)15-8-7-14(20)11-16(15)21/h7-8,11,13,17H,2-6,9-10,12H2,1H3,(H,22,25)(H,23,24). The first-order chi connectivity index (χ1) is 12.5. The maximum Gasteiger partial charge on any atom is 0.253 e. The van der Waals surface area contributed by atoms with Gasteiger partial charge in [0.05, 0.1) is 10.6 Å². The Balaban J connectivity index is 1.96. The first kappa shape index (κ1) is 21.4. The van der Waals surface area contributed by atoms with E-state index in [1.807, 2.05) is 6.26 Å². The second kappa shape index (κ2) is 11.1. The van der Waals surface area contributed by atoms with Gasteiger partial charge >= 0.3 is 0 Å². The van der Waals surface area contributed by atoms with Crippen LogP contribution in [0.4, 0.5) is 0 Å². The summed E-state index contributed by atoms with van der Waals surface area (Å²) < 4.78 is 0. The van der Waals surface area contributed by atoms with E-state index in [1.165, 1.54) is 38.2 Å². The van der Waals surface area contributed by atoms with Crippen LogP contribution >= 0.6 is 35.0 Å². The van der Waals surface area contributed by atoms with Crippen LogP contribution in [0.5, 0.6) is 0 Å². The number of carbonyl (C=O) groups excluding carboxylic acids is 2. The highest BCUT2D eigenvalue weighted by atomic mass is 35.5. The molecule has 144 valence electrons. The van der Waals surface area contributed by atoms with Crippen LogP contribution in [-0.4, -0.2) is 36.4 Å². The van der Waals surface area contributed by atoms with Gasteiger partial charge in [0, 0.05) is 11.6 Å². The largest absolute Gasteiger partial charge is 0.354 e. The summed E-state index contributed by atoms with van der Waals surface area (Å²) in [6, 6.07) is 4.15. The van der Waals surface area contributed by atoms with Crippen LogP contribution in [0.1, 0.15) is 48.9 Å². The molecule has 1 atom stereocenters. The molecule has 0 radical (unpaired) electrons. The van der Waals surface area contributed by atoms with E-state index < -0.39 is 6.04 Å². The molecule has 1 aromatic rings. The predicted octanol–water partition coefficient (Wildman–Crippen LogP) is 4.54. The Morgan fingerprint density at radius 1 is 1.23 bits per heavy atom. The van der Waals surface area contributed by atoms with Crippen molar-refractivity contribution in [1.29, 1.82) is 0 Å². The summed E-state index contributed by atoms with van der Waals surface area (Å²) in [5.74, 6) is 0.861. The quantitative estimate of drug-likeness (QED) is 0.653. The molecule has 1 aliphatic rings. The van der Waals surface area contributed by atoms with E-state index in [1.54, 1.807) is 23.9 Å². The zero-order valence-corrected chi connectivity index (χ0v) is 17.4. The highest BCUT2D eigenvalue weighted by Crippen LogP contribution is 2.23. The lowest BCUT2D eigenvalue weighted by atomic mass is 9.89. The Bertz CT molecular complexity index is 622. The Hall–Kier alpha value is -0.910. The van der Waals surface area contributed by atoms with E-state index in [0.717, 1.165) is 5.75 Å². The van der Waals surface area contributed by atoms with E-state index in [0.29, 0.717) is 29.5 Å². The molecule has 1 aromatic carbocycles. The summed E-state index contributed by atoms with van der Waals surface area (Å²) in [5, 5.41) is 6.60. The molecule has 1 unspecified atom stereocenters. The molecule has 0 spiro atoms. The van der Waals surface area contributed by atoms with Gasteiger partial charge in [-0.2, -0.15) is 11.8 Å². The second-order valence-corrected chi connectivity index (χ2v) is 8.51. The maximum atomic E-state index is 12.6. The van der Waals surface area contributed by atoms with E-state index >= 15 is 0 Å². The number of nitrogens with one attached hydrogen (secondary N) is 2. The van der Waals surface area contributed by atoms with Crippen molar-refractivity contribution in [3.05, 3.63) is 33.8 Å². The summed E-state index contributed by atoms with van der Waals surface area (Å²) >= 11 is 13.6. The zero-order chi connectivity index (χ0) is 18.9. The summed E-state index contributed by atoms with van der Waals surface area (Å²) in [6.45, 7) is 0.687. The molecular formula is C19H26Cl2N2O2S. The van der Waals surface area contributed by atoms with Gasteiger partial charge in [0.15, 0.2) is 0 Å². The maximum absolute atomic E-state index is 12.6. The molecule has 0 heterocycles. The van der Waals surface area contributed by atoms with Crippen molar-refractivity contribution in [2.24, 2.45) is 5.92 Å². The van der Waals surface area contributed by atoms with Gasteiger partial charge in [0.2, 0.25) is 5.91 Å². The average Bonchev–Trinajstić information content (AvgIpc) is 2.63. The fourth-order valence-corrected chi connectivity index (χ4v) is 4.14. The lowest BCUT2D eigenvalue weighted by Gasteiger charge is -2.24. The molecule has 2 rings (SSSR count). The van der Waals surface area contributed by atoms with E-state index in [-0.39, 0.29) is 16.8 Å². The number of amides is 2. The number of halogens is 2. The Kier molecular flexibility index (Phi) is 9.09. The third kappa shape index (κ3) is 6.67. The fourth-order valence-electron chi connectivity index (χ4n) is 3.17. The van der Waals surface area contributed by atoms with Gasteiger partial charge in [0.25, 0.3) is 5.91 Å². The molecule has 7 heteroatoms. The Morgan fingerprint density at radius 3 is 2.62 bits per heavy atom. The first-order valence-electron chi connectivity index (χ1n) is 9.04. The Labute approximate surface area is 169 Å². The molecule has 2 amide bonds. The Morgan fingerprint density at radius 2 is 1.96 bits per heavy atom. The van der Waals surface area contributed by atoms with Gasteiger partial charge < -0.3 is 10.6 Å². The number of thioether (sulfide) groups is 1. The summed E-state index contributed by atoms with van der Waals surface area (Å²) in [4.78, 5) is 25.1. The first-order valence-corrected chi connectivity index (χ1v) is 11.2. The van der Waals surface area contributed by atoms with Gasteiger partial charge in [0.1, 0.15) is 6.04 Å². The van der Waals surface area contributed by atoms with Crippen molar-refractivity contribution in [1.82, 2.24) is 10.6 Å². The van der Waals surface area contributed by atoms with Crippen molar-refractivity contribution in [2.75, 3.05) is 18.6 Å². The highest BCUT2D eigenvalue weighted by molar-refractivity contribution is 7.98. The van der Waals surface area contributed by atoms with Gasteiger partial charge in [-0.3, -0.25) is 9.59 Å². The molecule has 1 fully saturated rings. The number of hydrogen-bond acceptors (Lipinski definition) is 3. The lowest BCUT2D eigenvalue weighted by molar-refractivity contribution is -0.123. The van der Waals surface area contributed by atoms with Crippen molar-refractivity contribution in [3.63, 3.8) is 0 Å². The van der Waals surface area contributed by atoms with Gasteiger partial charge in [-0.1, -0.05) is 42.5 Å². The van der Waals surface area contributed by atoms with Crippen LogP contribution in [0.3, 0.4) is 0 Å². The van der Waals surface area contributed by atoms with Crippen LogP contribution in [-0.2, 0) is 4.79 Å². The van der Waals surface area contributed by atoms with E-state index in [4.69, 9.17) is 23.2 Å². The molecule has 0 aromatic heterocycles. The number of rotatable bonds is 8. The van der Waals surface area contributed by atoms with E-state index in [9.17, 15) is 9.59 Å². The third-order valence-corrected chi connectivity index (χ3v) is 5.89. The van der Waals surface area contributed by atoms with Crippen molar-refractivity contribution < 1.29 is 9.59 Å². The van der Waals surface area contributed by atoms with Crippen LogP contribution < -0.4 is 10.6 Å². The molecule has 1 saturated carbocycles. The molecule has 26 heavy (non-hydrogen) atoms. The summed E-state index contributed by atoms with van der Waals surface area (Å²) in [7, 11) is 0. The average molecular weight is 417 g/mol. The number of carbonyl (C=O) groups is 2. The van der Waals surface area contributed by atoms with Crippen LogP contribution in [0.15, 0.2) is 18.2 Å². The molecule has 2 N–H and O–H groups in total. The summed E-state index contributed by atoms with van der Waals surface area (Å²) in [6.07, 6.45) is 8.66. The minimum absolute atomic E-state index is 0.122. The third-order valence-electron chi connectivity index (χ3n) is 4.70. The minimum atomic E-state index is -0.565. The van der Waals surface area contributed by atoms with Gasteiger partial charge in [-0.25, -0.2) is 0 Å². The smallest absolute Gasteiger partial charge is 0.253 e.